The van der Waals surface area contributed by atoms with Crippen LogP contribution in [0.1, 0.15) is 23.5 Å². The second-order valence-corrected chi connectivity index (χ2v) is 5.80. The van der Waals surface area contributed by atoms with Crippen LogP contribution in [0.2, 0.25) is 0 Å². The molecule has 0 bridgehead atoms. The zero-order valence-electron chi connectivity index (χ0n) is 13.2. The molecule has 0 radical (unpaired) electrons. The van der Waals surface area contributed by atoms with E-state index < -0.39 is 0 Å². The Morgan fingerprint density at radius 1 is 1.08 bits per heavy atom. The van der Waals surface area contributed by atoms with Crippen LogP contribution in [-0.2, 0) is 4.79 Å². The lowest BCUT2D eigenvalue weighted by Gasteiger charge is -2.23. The Labute approximate surface area is 139 Å². The van der Waals surface area contributed by atoms with Gasteiger partial charge in [-0.15, -0.1) is 0 Å². The molecule has 1 atom stereocenters. The number of benzene rings is 2. The Kier molecular flexibility index (Phi) is 3.54. The van der Waals surface area contributed by atoms with E-state index in [1.807, 2.05) is 54.6 Å². The van der Waals surface area contributed by atoms with E-state index >= 15 is 0 Å². The summed E-state index contributed by atoms with van der Waals surface area (Å²) >= 11 is 0. The van der Waals surface area contributed by atoms with Crippen molar-refractivity contribution in [3.05, 3.63) is 65.7 Å². The van der Waals surface area contributed by atoms with Gasteiger partial charge in [-0.25, -0.2) is 0 Å². The van der Waals surface area contributed by atoms with Crippen molar-refractivity contribution in [3.63, 3.8) is 0 Å². The highest BCUT2D eigenvalue weighted by molar-refractivity contribution is 5.96. The summed E-state index contributed by atoms with van der Waals surface area (Å²) in [4.78, 5) is 12.1. The van der Waals surface area contributed by atoms with Crippen LogP contribution in [0.15, 0.2) is 54.6 Å². The Bertz CT molecular complexity index is 869. The summed E-state index contributed by atoms with van der Waals surface area (Å²) in [6.07, 6.45) is 0.401. The highest BCUT2D eigenvalue weighted by atomic mass is 16.5. The van der Waals surface area contributed by atoms with Crippen LogP contribution in [0.3, 0.4) is 0 Å². The number of nitrogens with zero attached hydrogens (tertiary/aromatic N) is 1. The van der Waals surface area contributed by atoms with E-state index in [1.54, 1.807) is 7.11 Å². The molecular formula is C19H17N3O2. The monoisotopic (exact) mass is 319 g/mol. The van der Waals surface area contributed by atoms with Crippen LogP contribution in [0.5, 0.6) is 5.75 Å². The van der Waals surface area contributed by atoms with Crippen LogP contribution >= 0.6 is 0 Å². The topological polar surface area (TPSA) is 67.0 Å². The lowest BCUT2D eigenvalue weighted by atomic mass is 9.84. The average molecular weight is 319 g/mol. The van der Waals surface area contributed by atoms with Gasteiger partial charge in [0.1, 0.15) is 5.75 Å². The first-order valence-corrected chi connectivity index (χ1v) is 7.83. The molecule has 120 valence electrons. The van der Waals surface area contributed by atoms with Gasteiger partial charge in [0.25, 0.3) is 0 Å². The molecule has 0 spiro atoms. The molecule has 3 aromatic rings. The van der Waals surface area contributed by atoms with E-state index in [9.17, 15) is 4.79 Å². The summed E-state index contributed by atoms with van der Waals surface area (Å²) in [6, 6.07) is 17.9. The fraction of sp³-hybridized carbons (Fsp3) is 0.158. The first kappa shape index (κ1) is 14.5. The van der Waals surface area contributed by atoms with Crippen LogP contribution < -0.4 is 10.1 Å². The minimum absolute atomic E-state index is 0.0190. The Hall–Kier alpha value is -3.08. The number of hydrogen-bond acceptors (Lipinski definition) is 3. The molecule has 1 unspecified atom stereocenters. The van der Waals surface area contributed by atoms with Crippen molar-refractivity contribution >= 4 is 11.7 Å². The number of fused-ring (bicyclic) bond motifs is 1. The number of aromatic nitrogens is 2. The van der Waals surface area contributed by atoms with Crippen molar-refractivity contribution in [2.24, 2.45) is 0 Å². The molecule has 0 saturated carbocycles. The van der Waals surface area contributed by atoms with E-state index in [1.165, 1.54) is 0 Å². The van der Waals surface area contributed by atoms with Gasteiger partial charge < -0.3 is 10.1 Å². The number of amides is 1. The summed E-state index contributed by atoms with van der Waals surface area (Å²) in [5.41, 5.74) is 4.11. The maximum atomic E-state index is 12.1. The molecule has 1 aromatic heterocycles. The molecule has 2 N–H and O–H groups in total. The normalized spacial score (nSPS) is 16.4. The largest absolute Gasteiger partial charge is 0.497 e. The van der Waals surface area contributed by atoms with Crippen molar-refractivity contribution in [1.29, 1.82) is 0 Å². The first-order chi connectivity index (χ1) is 11.8. The van der Waals surface area contributed by atoms with Gasteiger partial charge >= 0.3 is 0 Å². The Balaban J connectivity index is 1.83. The van der Waals surface area contributed by atoms with Gasteiger partial charge in [0.05, 0.1) is 12.8 Å². The summed E-state index contributed by atoms with van der Waals surface area (Å²) in [7, 11) is 1.64. The van der Waals surface area contributed by atoms with Gasteiger partial charge in [-0.1, -0.05) is 42.5 Å². The number of nitrogens with one attached hydrogen (secondary N) is 2. The second kappa shape index (κ2) is 5.85. The van der Waals surface area contributed by atoms with Gasteiger partial charge in [0.2, 0.25) is 5.91 Å². The quantitative estimate of drug-likeness (QED) is 0.775. The standard InChI is InChI=1S/C19H17N3O2/c1-24-14-9-7-12(8-10-14)15-11-16(23)20-19-17(15)18(21-22-19)13-5-3-2-4-6-13/h2-10,15H,11H2,1H3,(H2,20,21,22,23). The van der Waals surface area contributed by atoms with E-state index in [2.05, 4.69) is 15.5 Å². The van der Waals surface area contributed by atoms with Crippen molar-refractivity contribution < 1.29 is 9.53 Å². The highest BCUT2D eigenvalue weighted by Crippen LogP contribution is 2.41. The van der Waals surface area contributed by atoms with Crippen molar-refractivity contribution in [2.75, 3.05) is 12.4 Å². The lowest BCUT2D eigenvalue weighted by Crippen LogP contribution is -2.23. The Morgan fingerprint density at radius 2 is 1.83 bits per heavy atom. The molecule has 0 fully saturated rings. The van der Waals surface area contributed by atoms with Crippen molar-refractivity contribution in [1.82, 2.24) is 10.2 Å². The van der Waals surface area contributed by atoms with E-state index in [-0.39, 0.29) is 11.8 Å². The van der Waals surface area contributed by atoms with E-state index in [4.69, 9.17) is 4.74 Å². The smallest absolute Gasteiger partial charge is 0.226 e. The summed E-state index contributed by atoms with van der Waals surface area (Å²) in [5, 5.41) is 10.3. The number of rotatable bonds is 3. The number of aromatic amines is 1. The van der Waals surface area contributed by atoms with Crippen LogP contribution in [-0.4, -0.2) is 23.2 Å². The molecular weight excluding hydrogens is 302 g/mol. The number of carbonyl (C=O) groups excluding carboxylic acids is 1. The predicted molar refractivity (Wildman–Crippen MR) is 92.1 cm³/mol. The number of anilines is 1. The van der Waals surface area contributed by atoms with E-state index in [0.717, 1.165) is 28.1 Å². The summed E-state index contributed by atoms with van der Waals surface area (Å²) in [5.74, 6) is 1.36. The summed E-state index contributed by atoms with van der Waals surface area (Å²) < 4.78 is 5.23. The molecule has 2 aromatic carbocycles. The maximum Gasteiger partial charge on any atom is 0.226 e. The SMILES string of the molecule is COc1ccc(C2CC(=O)Nc3n[nH]c(-c4ccccc4)c32)cc1. The molecule has 5 nitrogen and oxygen atoms in total. The number of carbonyl (C=O) groups is 1. The molecule has 2 heterocycles. The minimum Gasteiger partial charge on any atom is -0.497 e. The van der Waals surface area contributed by atoms with Crippen LogP contribution in [0, 0.1) is 0 Å². The molecule has 4 rings (SSSR count). The summed E-state index contributed by atoms with van der Waals surface area (Å²) in [6.45, 7) is 0. The van der Waals surface area contributed by atoms with Crippen molar-refractivity contribution in [2.45, 2.75) is 12.3 Å². The third kappa shape index (κ3) is 2.44. The lowest BCUT2D eigenvalue weighted by molar-refractivity contribution is -0.116. The fourth-order valence-corrected chi connectivity index (χ4v) is 3.20. The van der Waals surface area contributed by atoms with E-state index in [0.29, 0.717) is 12.2 Å². The molecule has 1 aliphatic rings. The number of ether oxygens (including phenoxy) is 1. The van der Waals surface area contributed by atoms with Crippen molar-refractivity contribution in [3.8, 4) is 17.0 Å². The maximum absolute atomic E-state index is 12.1. The van der Waals surface area contributed by atoms with Gasteiger partial charge in [0.15, 0.2) is 5.82 Å². The predicted octanol–water partition coefficient (Wildman–Crippen LogP) is 3.56. The van der Waals surface area contributed by atoms with Gasteiger partial charge in [-0.05, 0) is 23.3 Å². The first-order valence-electron chi connectivity index (χ1n) is 7.83. The van der Waals surface area contributed by atoms with Crippen LogP contribution in [0.25, 0.3) is 11.3 Å². The molecule has 1 amide bonds. The second-order valence-electron chi connectivity index (χ2n) is 5.80. The zero-order valence-corrected chi connectivity index (χ0v) is 13.2. The number of hydrogen-bond donors (Lipinski definition) is 2. The number of methoxy groups -OCH3 is 1. The highest BCUT2D eigenvalue weighted by Gasteiger charge is 2.31. The third-order valence-corrected chi connectivity index (χ3v) is 4.38. The molecule has 1 aliphatic heterocycles. The van der Waals surface area contributed by atoms with Crippen LogP contribution in [0.4, 0.5) is 5.82 Å². The van der Waals surface area contributed by atoms with Gasteiger partial charge in [-0.2, -0.15) is 5.10 Å². The van der Waals surface area contributed by atoms with Gasteiger partial charge in [0, 0.05) is 17.9 Å². The molecule has 0 saturated heterocycles. The molecule has 5 heteroatoms. The molecule has 24 heavy (non-hydrogen) atoms. The molecule has 0 aliphatic carbocycles. The van der Waals surface area contributed by atoms with Gasteiger partial charge in [-0.3, -0.25) is 9.89 Å². The zero-order chi connectivity index (χ0) is 16.5. The fourth-order valence-electron chi connectivity index (χ4n) is 3.20. The number of H-pyrrole nitrogens is 1. The average Bonchev–Trinajstić information content (AvgIpc) is 3.05. The third-order valence-electron chi connectivity index (χ3n) is 4.38. The Morgan fingerprint density at radius 3 is 2.54 bits per heavy atom. The minimum atomic E-state index is -0.0337.